The number of nitrogens with one attached hydrogen (secondary N) is 1. The monoisotopic (exact) mass is 288 g/mol. The molecule has 2 N–H and O–H groups in total. The van der Waals surface area contributed by atoms with Crippen molar-refractivity contribution in [3.63, 3.8) is 0 Å². The Labute approximate surface area is 128 Å². The highest BCUT2D eigenvalue weighted by atomic mass is 16.3. The van der Waals surface area contributed by atoms with Crippen LogP contribution >= 0.6 is 0 Å². The predicted octanol–water partition coefficient (Wildman–Crippen LogP) is 2.49. The number of likely N-dealkylation sites (tertiary alicyclic amines) is 1. The lowest BCUT2D eigenvalue weighted by molar-refractivity contribution is 0.00591. The lowest BCUT2D eigenvalue weighted by Gasteiger charge is -2.33. The van der Waals surface area contributed by atoms with Crippen LogP contribution in [0.3, 0.4) is 0 Å². The van der Waals surface area contributed by atoms with Crippen molar-refractivity contribution in [3.05, 3.63) is 35.4 Å². The van der Waals surface area contributed by atoms with Gasteiger partial charge in [0.25, 0.3) is 0 Å². The molecule has 2 aliphatic heterocycles. The number of nitrogens with zero attached hydrogens (tertiary/aromatic N) is 1. The van der Waals surface area contributed by atoms with E-state index < -0.39 is 5.60 Å². The predicted molar refractivity (Wildman–Crippen MR) is 86.1 cm³/mol. The Kier molecular flexibility index (Phi) is 4.63. The first-order chi connectivity index (χ1) is 10.2. The summed E-state index contributed by atoms with van der Waals surface area (Å²) in [6, 6.07) is 8.67. The molecule has 2 aliphatic rings. The van der Waals surface area contributed by atoms with Crippen LogP contribution in [0.4, 0.5) is 0 Å². The molecule has 0 radical (unpaired) electrons. The third kappa shape index (κ3) is 3.65. The topological polar surface area (TPSA) is 35.5 Å². The van der Waals surface area contributed by atoms with E-state index in [0.717, 1.165) is 44.0 Å². The summed E-state index contributed by atoms with van der Waals surface area (Å²) >= 11 is 0. The van der Waals surface area contributed by atoms with Crippen molar-refractivity contribution in [2.24, 2.45) is 5.92 Å². The molecule has 116 valence electrons. The summed E-state index contributed by atoms with van der Waals surface area (Å²) in [7, 11) is 0. The summed E-state index contributed by atoms with van der Waals surface area (Å²) < 4.78 is 0. The van der Waals surface area contributed by atoms with Crippen molar-refractivity contribution in [3.8, 4) is 0 Å². The highest BCUT2D eigenvalue weighted by Crippen LogP contribution is 2.30. The zero-order valence-corrected chi connectivity index (χ0v) is 13.1. The summed E-state index contributed by atoms with van der Waals surface area (Å²) in [5.74, 6) is 0.887. The minimum Gasteiger partial charge on any atom is -0.385 e. The molecule has 3 rings (SSSR count). The molecule has 0 aromatic heterocycles. The minimum atomic E-state index is -0.621. The molecule has 3 heteroatoms. The highest BCUT2D eigenvalue weighted by Gasteiger charge is 2.30. The third-order valence-electron chi connectivity index (χ3n) is 5.20. The number of rotatable bonds is 3. The zero-order valence-electron chi connectivity index (χ0n) is 13.1. The van der Waals surface area contributed by atoms with Gasteiger partial charge in [0.15, 0.2) is 0 Å². The molecule has 0 saturated carbocycles. The van der Waals surface area contributed by atoms with E-state index in [1.54, 1.807) is 0 Å². The van der Waals surface area contributed by atoms with Crippen LogP contribution in [0.25, 0.3) is 0 Å². The molecular weight excluding hydrogens is 260 g/mol. The van der Waals surface area contributed by atoms with Gasteiger partial charge in [0.1, 0.15) is 0 Å². The number of hydrogen-bond acceptors (Lipinski definition) is 3. The van der Waals surface area contributed by atoms with Crippen molar-refractivity contribution in [2.75, 3.05) is 26.2 Å². The molecule has 1 aromatic rings. The van der Waals surface area contributed by atoms with Gasteiger partial charge < -0.3 is 10.4 Å². The molecule has 0 bridgehead atoms. The molecule has 1 aromatic carbocycles. The van der Waals surface area contributed by atoms with Gasteiger partial charge in [-0.2, -0.15) is 0 Å². The van der Waals surface area contributed by atoms with Crippen LogP contribution in [0.2, 0.25) is 0 Å². The largest absolute Gasteiger partial charge is 0.385 e. The van der Waals surface area contributed by atoms with Gasteiger partial charge >= 0.3 is 0 Å². The fourth-order valence-electron chi connectivity index (χ4n) is 3.53. The molecule has 21 heavy (non-hydrogen) atoms. The van der Waals surface area contributed by atoms with Crippen LogP contribution in [0, 0.1) is 5.92 Å². The van der Waals surface area contributed by atoms with E-state index in [1.165, 1.54) is 31.5 Å². The molecular formula is C18H28N2O. The fraction of sp³-hybridized carbons (Fsp3) is 0.667. The number of aliphatic hydroxyl groups is 1. The Morgan fingerprint density at radius 2 is 1.76 bits per heavy atom. The van der Waals surface area contributed by atoms with Crippen LogP contribution in [0.5, 0.6) is 0 Å². The third-order valence-corrected chi connectivity index (χ3v) is 5.20. The second-order valence-electron chi connectivity index (χ2n) is 6.94. The van der Waals surface area contributed by atoms with Crippen molar-refractivity contribution >= 4 is 0 Å². The summed E-state index contributed by atoms with van der Waals surface area (Å²) in [6.07, 6.45) is 4.28. The standard InChI is InChI=1S/C18H28N2O/c1-15-6-12-20(13-7-15)14-16-2-4-17(5-3-16)18(21)8-10-19-11-9-18/h2-5,15,19,21H,6-14H2,1H3. The van der Waals surface area contributed by atoms with Crippen molar-refractivity contribution in [1.29, 1.82) is 0 Å². The van der Waals surface area contributed by atoms with E-state index in [1.807, 2.05) is 0 Å². The van der Waals surface area contributed by atoms with Gasteiger partial charge in [-0.3, -0.25) is 4.90 Å². The molecule has 2 heterocycles. The quantitative estimate of drug-likeness (QED) is 0.897. The number of piperidine rings is 2. The summed E-state index contributed by atoms with van der Waals surface area (Å²) in [5.41, 5.74) is 1.83. The SMILES string of the molecule is CC1CCN(Cc2ccc(C3(O)CCNCC3)cc2)CC1. The summed E-state index contributed by atoms with van der Waals surface area (Å²) in [4.78, 5) is 2.55. The Morgan fingerprint density at radius 1 is 1.14 bits per heavy atom. The molecule has 3 nitrogen and oxygen atoms in total. The molecule has 2 saturated heterocycles. The first-order valence-electron chi connectivity index (χ1n) is 8.41. The smallest absolute Gasteiger partial charge is 0.0920 e. The second kappa shape index (κ2) is 6.47. The Morgan fingerprint density at radius 3 is 2.38 bits per heavy atom. The molecule has 2 fully saturated rings. The average molecular weight is 288 g/mol. The molecule has 0 atom stereocenters. The summed E-state index contributed by atoms with van der Waals surface area (Å²) in [5, 5.41) is 14.0. The van der Waals surface area contributed by atoms with Gasteiger partial charge in [-0.1, -0.05) is 31.2 Å². The average Bonchev–Trinajstić information content (AvgIpc) is 2.51. The van der Waals surface area contributed by atoms with E-state index in [2.05, 4.69) is 41.4 Å². The van der Waals surface area contributed by atoms with Crippen LogP contribution < -0.4 is 5.32 Å². The minimum absolute atomic E-state index is 0.621. The maximum absolute atomic E-state index is 10.7. The first kappa shape index (κ1) is 15.0. The number of benzene rings is 1. The van der Waals surface area contributed by atoms with Gasteiger partial charge in [0.05, 0.1) is 5.60 Å². The highest BCUT2D eigenvalue weighted by molar-refractivity contribution is 5.27. The Balaban J connectivity index is 1.61. The van der Waals surface area contributed by atoms with E-state index in [0.29, 0.717) is 0 Å². The van der Waals surface area contributed by atoms with E-state index >= 15 is 0 Å². The van der Waals surface area contributed by atoms with Gasteiger partial charge in [-0.05, 0) is 68.9 Å². The lowest BCUT2D eigenvalue weighted by atomic mass is 9.85. The van der Waals surface area contributed by atoms with E-state index in [-0.39, 0.29) is 0 Å². The van der Waals surface area contributed by atoms with Crippen molar-refractivity contribution in [1.82, 2.24) is 10.2 Å². The van der Waals surface area contributed by atoms with Crippen LogP contribution in [0.15, 0.2) is 24.3 Å². The van der Waals surface area contributed by atoms with E-state index in [4.69, 9.17) is 0 Å². The maximum atomic E-state index is 10.7. The van der Waals surface area contributed by atoms with Gasteiger partial charge in [-0.25, -0.2) is 0 Å². The van der Waals surface area contributed by atoms with E-state index in [9.17, 15) is 5.11 Å². The zero-order chi connectivity index (χ0) is 14.7. The van der Waals surface area contributed by atoms with Crippen LogP contribution in [-0.4, -0.2) is 36.2 Å². The molecule has 0 spiro atoms. The summed E-state index contributed by atoms with van der Waals surface area (Å²) in [6.45, 7) is 7.66. The number of hydrogen-bond donors (Lipinski definition) is 2. The Hall–Kier alpha value is -0.900. The molecule has 0 aliphatic carbocycles. The normalized spacial score (nSPS) is 24.1. The first-order valence-corrected chi connectivity index (χ1v) is 8.41. The van der Waals surface area contributed by atoms with Crippen molar-refractivity contribution in [2.45, 2.75) is 44.8 Å². The molecule has 0 amide bonds. The van der Waals surface area contributed by atoms with Gasteiger partial charge in [-0.15, -0.1) is 0 Å². The van der Waals surface area contributed by atoms with Crippen LogP contribution in [-0.2, 0) is 12.1 Å². The lowest BCUT2D eigenvalue weighted by Crippen LogP contribution is -2.39. The van der Waals surface area contributed by atoms with Crippen molar-refractivity contribution < 1.29 is 5.11 Å². The van der Waals surface area contributed by atoms with Crippen LogP contribution in [0.1, 0.15) is 43.7 Å². The van der Waals surface area contributed by atoms with Gasteiger partial charge in [0.2, 0.25) is 0 Å². The Bertz CT molecular complexity index is 443. The fourth-order valence-corrected chi connectivity index (χ4v) is 3.53. The van der Waals surface area contributed by atoms with Gasteiger partial charge in [0, 0.05) is 6.54 Å². The molecule has 0 unspecified atom stereocenters. The maximum Gasteiger partial charge on any atom is 0.0920 e. The second-order valence-corrected chi connectivity index (χ2v) is 6.94.